The normalized spacial score (nSPS) is 10.1. The standard InChI is InChI=1S/C13H13N3O2/c1-9-2-4-10(5-3-9)13-14-7-6-11(16-13)15-8-12(17)18/h2-7H,8H2,1H3,(H,17,18)(H,14,15,16). The monoisotopic (exact) mass is 243 g/mol. The van der Waals surface area contributed by atoms with Crippen LogP contribution in [-0.4, -0.2) is 27.6 Å². The number of aliphatic carboxylic acids is 1. The van der Waals surface area contributed by atoms with Gasteiger partial charge in [0, 0.05) is 11.8 Å². The first kappa shape index (κ1) is 12.0. The Morgan fingerprint density at radius 1 is 1.28 bits per heavy atom. The Balaban J connectivity index is 2.21. The van der Waals surface area contributed by atoms with Gasteiger partial charge in [-0.1, -0.05) is 29.8 Å². The summed E-state index contributed by atoms with van der Waals surface area (Å²) >= 11 is 0. The predicted octanol–water partition coefficient (Wildman–Crippen LogP) is 1.95. The highest BCUT2D eigenvalue weighted by atomic mass is 16.4. The van der Waals surface area contributed by atoms with Gasteiger partial charge < -0.3 is 10.4 Å². The van der Waals surface area contributed by atoms with Gasteiger partial charge in [0.1, 0.15) is 12.4 Å². The molecule has 0 bridgehead atoms. The molecule has 0 atom stereocenters. The lowest BCUT2D eigenvalue weighted by Crippen LogP contribution is -2.13. The van der Waals surface area contributed by atoms with Crippen LogP contribution in [0.3, 0.4) is 0 Å². The second-order valence-electron chi connectivity index (χ2n) is 3.88. The van der Waals surface area contributed by atoms with Crippen molar-refractivity contribution in [3.63, 3.8) is 0 Å². The minimum atomic E-state index is -0.925. The number of nitrogens with zero attached hydrogens (tertiary/aromatic N) is 2. The number of anilines is 1. The van der Waals surface area contributed by atoms with Crippen molar-refractivity contribution in [1.29, 1.82) is 0 Å². The summed E-state index contributed by atoms with van der Waals surface area (Å²) in [6.07, 6.45) is 1.60. The molecule has 1 aromatic heterocycles. The highest BCUT2D eigenvalue weighted by Crippen LogP contribution is 2.16. The van der Waals surface area contributed by atoms with Crippen LogP contribution in [0.15, 0.2) is 36.5 Å². The number of hydrogen-bond donors (Lipinski definition) is 2. The van der Waals surface area contributed by atoms with Gasteiger partial charge in [0.05, 0.1) is 0 Å². The van der Waals surface area contributed by atoms with Gasteiger partial charge in [-0.2, -0.15) is 0 Å². The molecule has 2 N–H and O–H groups in total. The van der Waals surface area contributed by atoms with Crippen LogP contribution in [0.4, 0.5) is 5.82 Å². The molecule has 92 valence electrons. The van der Waals surface area contributed by atoms with E-state index in [4.69, 9.17) is 5.11 Å². The van der Waals surface area contributed by atoms with E-state index in [0.29, 0.717) is 11.6 Å². The fraction of sp³-hybridized carbons (Fsp3) is 0.154. The smallest absolute Gasteiger partial charge is 0.322 e. The molecular weight excluding hydrogens is 230 g/mol. The van der Waals surface area contributed by atoms with Crippen molar-refractivity contribution >= 4 is 11.8 Å². The highest BCUT2D eigenvalue weighted by Gasteiger charge is 2.03. The summed E-state index contributed by atoms with van der Waals surface area (Å²) in [5.41, 5.74) is 2.07. The Labute approximate surface area is 105 Å². The predicted molar refractivity (Wildman–Crippen MR) is 68.3 cm³/mol. The zero-order chi connectivity index (χ0) is 13.0. The first-order chi connectivity index (χ1) is 8.65. The zero-order valence-electron chi connectivity index (χ0n) is 9.92. The van der Waals surface area contributed by atoms with Gasteiger partial charge in [-0.25, -0.2) is 9.97 Å². The third kappa shape index (κ3) is 3.04. The molecule has 5 nitrogen and oxygen atoms in total. The number of aromatic nitrogens is 2. The summed E-state index contributed by atoms with van der Waals surface area (Å²) < 4.78 is 0. The number of nitrogens with one attached hydrogen (secondary N) is 1. The SMILES string of the molecule is Cc1ccc(-c2nccc(NCC(=O)O)n2)cc1. The molecule has 2 rings (SSSR count). The van der Waals surface area contributed by atoms with Crippen LogP contribution in [-0.2, 0) is 4.79 Å². The molecule has 0 aliphatic heterocycles. The maximum atomic E-state index is 10.5. The molecule has 2 aromatic rings. The lowest BCUT2D eigenvalue weighted by atomic mass is 10.1. The summed E-state index contributed by atoms with van der Waals surface area (Å²) in [7, 11) is 0. The summed E-state index contributed by atoms with van der Waals surface area (Å²) in [6, 6.07) is 9.48. The fourth-order valence-electron chi connectivity index (χ4n) is 1.47. The van der Waals surface area contributed by atoms with Crippen LogP contribution >= 0.6 is 0 Å². The number of hydrogen-bond acceptors (Lipinski definition) is 4. The van der Waals surface area contributed by atoms with Crippen LogP contribution in [0.1, 0.15) is 5.56 Å². The fourth-order valence-corrected chi connectivity index (χ4v) is 1.47. The van der Waals surface area contributed by atoms with Gasteiger partial charge in [-0.05, 0) is 13.0 Å². The van der Waals surface area contributed by atoms with Crippen LogP contribution in [0.5, 0.6) is 0 Å². The second kappa shape index (κ2) is 5.27. The summed E-state index contributed by atoms with van der Waals surface area (Å²) in [5, 5.41) is 11.3. The minimum absolute atomic E-state index is 0.162. The Kier molecular flexibility index (Phi) is 3.52. The van der Waals surface area contributed by atoms with E-state index in [1.807, 2.05) is 31.2 Å². The number of carboxylic acid groups (broad SMARTS) is 1. The molecule has 1 heterocycles. The number of rotatable bonds is 4. The number of carbonyl (C=O) groups is 1. The quantitative estimate of drug-likeness (QED) is 0.858. The third-order valence-corrected chi connectivity index (χ3v) is 2.39. The van der Waals surface area contributed by atoms with E-state index in [-0.39, 0.29) is 6.54 Å². The molecule has 0 unspecified atom stereocenters. The van der Waals surface area contributed by atoms with Gasteiger partial charge in [0.15, 0.2) is 5.82 Å². The van der Waals surface area contributed by atoms with Gasteiger partial charge >= 0.3 is 5.97 Å². The topological polar surface area (TPSA) is 75.1 Å². The largest absolute Gasteiger partial charge is 0.480 e. The molecule has 0 saturated heterocycles. The average Bonchev–Trinajstić information content (AvgIpc) is 2.37. The Morgan fingerprint density at radius 3 is 2.67 bits per heavy atom. The van der Waals surface area contributed by atoms with Crippen molar-refractivity contribution in [2.24, 2.45) is 0 Å². The molecule has 0 fully saturated rings. The molecular formula is C13H13N3O2. The van der Waals surface area contributed by atoms with E-state index in [0.717, 1.165) is 5.56 Å². The van der Waals surface area contributed by atoms with Crippen LogP contribution in [0, 0.1) is 6.92 Å². The first-order valence-corrected chi connectivity index (χ1v) is 5.51. The van der Waals surface area contributed by atoms with Gasteiger partial charge in [0.2, 0.25) is 0 Å². The zero-order valence-corrected chi connectivity index (χ0v) is 9.92. The lowest BCUT2D eigenvalue weighted by molar-refractivity contribution is -0.134. The molecule has 5 heteroatoms. The number of benzene rings is 1. The van der Waals surface area contributed by atoms with Crippen LogP contribution in [0.25, 0.3) is 11.4 Å². The highest BCUT2D eigenvalue weighted by molar-refractivity contribution is 5.72. The van der Waals surface area contributed by atoms with Gasteiger partial charge in [-0.3, -0.25) is 4.79 Å². The summed E-state index contributed by atoms with van der Waals surface area (Å²) in [4.78, 5) is 18.9. The van der Waals surface area contributed by atoms with Crippen LogP contribution in [0.2, 0.25) is 0 Å². The van der Waals surface area contributed by atoms with Crippen molar-refractivity contribution < 1.29 is 9.90 Å². The van der Waals surface area contributed by atoms with E-state index in [1.54, 1.807) is 12.3 Å². The molecule has 0 saturated carbocycles. The van der Waals surface area contributed by atoms with Gasteiger partial charge in [0.25, 0.3) is 0 Å². The van der Waals surface area contributed by atoms with Crippen molar-refractivity contribution in [3.8, 4) is 11.4 Å². The van der Waals surface area contributed by atoms with E-state index in [9.17, 15) is 4.79 Å². The minimum Gasteiger partial charge on any atom is -0.480 e. The number of aryl methyl sites for hydroxylation is 1. The van der Waals surface area contributed by atoms with E-state index in [2.05, 4.69) is 15.3 Å². The maximum Gasteiger partial charge on any atom is 0.322 e. The Bertz CT molecular complexity index is 552. The average molecular weight is 243 g/mol. The van der Waals surface area contributed by atoms with Crippen molar-refractivity contribution in [2.75, 3.05) is 11.9 Å². The molecule has 0 amide bonds. The van der Waals surface area contributed by atoms with Crippen LogP contribution < -0.4 is 5.32 Å². The van der Waals surface area contributed by atoms with Gasteiger partial charge in [-0.15, -0.1) is 0 Å². The molecule has 0 radical (unpaired) electrons. The third-order valence-electron chi connectivity index (χ3n) is 2.39. The molecule has 18 heavy (non-hydrogen) atoms. The Hall–Kier alpha value is -2.43. The van der Waals surface area contributed by atoms with Crippen molar-refractivity contribution in [3.05, 3.63) is 42.1 Å². The second-order valence-corrected chi connectivity index (χ2v) is 3.88. The maximum absolute atomic E-state index is 10.5. The molecule has 0 aliphatic rings. The molecule has 0 spiro atoms. The van der Waals surface area contributed by atoms with Crippen molar-refractivity contribution in [2.45, 2.75) is 6.92 Å². The number of carboxylic acids is 1. The lowest BCUT2D eigenvalue weighted by Gasteiger charge is -2.05. The van der Waals surface area contributed by atoms with E-state index >= 15 is 0 Å². The van der Waals surface area contributed by atoms with E-state index < -0.39 is 5.97 Å². The first-order valence-electron chi connectivity index (χ1n) is 5.51. The summed E-state index contributed by atoms with van der Waals surface area (Å²) in [5.74, 6) is 0.152. The van der Waals surface area contributed by atoms with Crippen molar-refractivity contribution in [1.82, 2.24) is 9.97 Å². The summed E-state index contributed by atoms with van der Waals surface area (Å²) in [6.45, 7) is 1.85. The molecule has 0 aliphatic carbocycles. The molecule has 1 aromatic carbocycles. The van der Waals surface area contributed by atoms with E-state index in [1.165, 1.54) is 5.56 Å². The Morgan fingerprint density at radius 2 is 2.00 bits per heavy atom.